The minimum atomic E-state index is -3.44. The van der Waals surface area contributed by atoms with Crippen LogP contribution in [0.5, 0.6) is 0 Å². The summed E-state index contributed by atoms with van der Waals surface area (Å²) in [6.45, 7) is 4.30. The van der Waals surface area contributed by atoms with E-state index in [1.165, 1.54) is 12.1 Å². The monoisotopic (exact) mass is 287 g/mol. The molecule has 0 heterocycles. The molecule has 0 aromatic heterocycles. The molecule has 1 aromatic carbocycles. The van der Waals surface area contributed by atoms with Crippen LogP contribution in [-0.2, 0) is 10.0 Å². The highest BCUT2D eigenvalue weighted by Gasteiger charge is 2.13. The fourth-order valence-electron chi connectivity index (χ4n) is 1.22. The fourth-order valence-corrected chi connectivity index (χ4v) is 2.55. The van der Waals surface area contributed by atoms with E-state index in [0.717, 1.165) is 0 Å². The Bertz CT molecular complexity index is 510. The van der Waals surface area contributed by atoms with Crippen molar-refractivity contribution in [2.45, 2.75) is 18.7 Å². The molecular weight excluding hydrogens is 270 g/mol. The lowest BCUT2D eigenvalue weighted by molar-refractivity contribution is 0.560. The van der Waals surface area contributed by atoms with Gasteiger partial charge in [-0.3, -0.25) is 0 Å². The molecule has 0 fully saturated rings. The number of benzene rings is 1. The van der Waals surface area contributed by atoms with E-state index in [-0.39, 0.29) is 15.9 Å². The van der Waals surface area contributed by atoms with Gasteiger partial charge in [0.25, 0.3) is 0 Å². The lowest BCUT2D eigenvalue weighted by Crippen LogP contribution is -2.27. The maximum atomic E-state index is 11.9. The number of hydrogen-bond donors (Lipinski definition) is 3. The summed E-state index contributed by atoms with van der Waals surface area (Å²) in [5.74, 6) is 0.260. The van der Waals surface area contributed by atoms with Gasteiger partial charge in [-0.1, -0.05) is 13.8 Å². The molecule has 1 rings (SSSR count). The molecule has 0 radical (unpaired) electrons. The standard InChI is InChI=1S/C11H17N3O2S2/c1-8(2)7-13-18(15,16)10-5-3-9(4-6-10)14-11(12)17/h3-6,8,13H,7H2,1-2H3,(H3,12,14,17). The van der Waals surface area contributed by atoms with E-state index in [1.807, 2.05) is 13.8 Å². The summed E-state index contributed by atoms with van der Waals surface area (Å²) in [5, 5.41) is 2.87. The van der Waals surface area contributed by atoms with E-state index in [0.29, 0.717) is 12.2 Å². The molecule has 0 saturated carbocycles. The van der Waals surface area contributed by atoms with Crippen LogP contribution >= 0.6 is 12.2 Å². The number of thiocarbonyl (C=S) groups is 1. The highest BCUT2D eigenvalue weighted by Crippen LogP contribution is 2.13. The van der Waals surface area contributed by atoms with Gasteiger partial charge in [-0.05, 0) is 42.4 Å². The van der Waals surface area contributed by atoms with Crippen molar-refractivity contribution in [3.63, 3.8) is 0 Å². The van der Waals surface area contributed by atoms with E-state index < -0.39 is 10.0 Å². The van der Waals surface area contributed by atoms with Crippen LogP contribution in [0.25, 0.3) is 0 Å². The largest absolute Gasteiger partial charge is 0.376 e. The van der Waals surface area contributed by atoms with Gasteiger partial charge in [0.1, 0.15) is 0 Å². The summed E-state index contributed by atoms with van der Waals surface area (Å²) in [7, 11) is -3.44. The number of sulfonamides is 1. The van der Waals surface area contributed by atoms with Crippen molar-refractivity contribution >= 4 is 33.0 Å². The first-order valence-electron chi connectivity index (χ1n) is 5.47. The normalized spacial score (nSPS) is 11.5. The Balaban J connectivity index is 2.81. The predicted molar refractivity (Wildman–Crippen MR) is 76.9 cm³/mol. The minimum Gasteiger partial charge on any atom is -0.376 e. The Morgan fingerprint density at radius 1 is 1.33 bits per heavy atom. The van der Waals surface area contributed by atoms with Crippen molar-refractivity contribution in [1.82, 2.24) is 4.72 Å². The average Bonchev–Trinajstić information content (AvgIpc) is 2.26. The van der Waals surface area contributed by atoms with Crippen LogP contribution in [-0.4, -0.2) is 20.1 Å². The predicted octanol–water partition coefficient (Wildman–Crippen LogP) is 1.28. The Hall–Kier alpha value is -1.18. The second-order valence-corrected chi connectivity index (χ2v) is 6.47. The molecule has 4 N–H and O–H groups in total. The molecule has 0 aliphatic heterocycles. The Morgan fingerprint density at radius 3 is 2.33 bits per heavy atom. The van der Waals surface area contributed by atoms with Gasteiger partial charge in [0.05, 0.1) is 4.90 Å². The molecule has 0 saturated heterocycles. The third-order valence-electron chi connectivity index (χ3n) is 2.11. The quantitative estimate of drug-likeness (QED) is 0.710. The molecule has 18 heavy (non-hydrogen) atoms. The topological polar surface area (TPSA) is 84.2 Å². The van der Waals surface area contributed by atoms with Gasteiger partial charge in [-0.25, -0.2) is 13.1 Å². The zero-order valence-electron chi connectivity index (χ0n) is 10.3. The Labute approximate surface area is 113 Å². The molecule has 0 spiro atoms. The van der Waals surface area contributed by atoms with E-state index in [2.05, 4.69) is 10.0 Å². The van der Waals surface area contributed by atoms with Crippen LogP contribution in [0.15, 0.2) is 29.2 Å². The molecule has 0 bridgehead atoms. The minimum absolute atomic E-state index is 0.142. The third kappa shape index (κ3) is 4.59. The summed E-state index contributed by atoms with van der Waals surface area (Å²) in [6, 6.07) is 6.23. The SMILES string of the molecule is CC(C)CNS(=O)(=O)c1ccc(NC(N)=S)cc1. The summed E-state index contributed by atoms with van der Waals surface area (Å²) in [4.78, 5) is 0.219. The summed E-state index contributed by atoms with van der Waals surface area (Å²) in [6.07, 6.45) is 0. The molecular formula is C11H17N3O2S2. The van der Waals surface area contributed by atoms with Gasteiger partial charge in [0.15, 0.2) is 5.11 Å². The smallest absolute Gasteiger partial charge is 0.240 e. The first kappa shape index (κ1) is 14.9. The van der Waals surface area contributed by atoms with Gasteiger partial charge < -0.3 is 11.1 Å². The number of rotatable bonds is 5. The lowest BCUT2D eigenvalue weighted by Gasteiger charge is -2.09. The zero-order valence-corrected chi connectivity index (χ0v) is 11.9. The maximum absolute atomic E-state index is 11.9. The van der Waals surface area contributed by atoms with Crippen LogP contribution < -0.4 is 15.8 Å². The maximum Gasteiger partial charge on any atom is 0.240 e. The second kappa shape index (κ2) is 6.12. The van der Waals surface area contributed by atoms with Crippen molar-refractivity contribution in [2.75, 3.05) is 11.9 Å². The summed E-state index contributed by atoms with van der Waals surface area (Å²) >= 11 is 4.69. The molecule has 5 nitrogen and oxygen atoms in total. The van der Waals surface area contributed by atoms with E-state index in [4.69, 9.17) is 18.0 Å². The van der Waals surface area contributed by atoms with Crippen LogP contribution in [0, 0.1) is 5.92 Å². The molecule has 0 aliphatic rings. The number of nitrogens with two attached hydrogens (primary N) is 1. The van der Waals surface area contributed by atoms with Crippen molar-refractivity contribution in [3.8, 4) is 0 Å². The van der Waals surface area contributed by atoms with Gasteiger partial charge in [0, 0.05) is 12.2 Å². The van der Waals surface area contributed by atoms with Crippen molar-refractivity contribution < 1.29 is 8.42 Å². The second-order valence-electron chi connectivity index (χ2n) is 4.26. The van der Waals surface area contributed by atoms with E-state index >= 15 is 0 Å². The van der Waals surface area contributed by atoms with Crippen LogP contribution in [0.4, 0.5) is 5.69 Å². The first-order chi connectivity index (χ1) is 8.31. The molecule has 100 valence electrons. The first-order valence-corrected chi connectivity index (χ1v) is 7.36. The summed E-state index contributed by atoms with van der Waals surface area (Å²) in [5.41, 5.74) is 5.98. The van der Waals surface area contributed by atoms with Crippen LogP contribution in [0.3, 0.4) is 0 Å². The summed E-state index contributed by atoms with van der Waals surface area (Å²) < 4.78 is 26.3. The Kier molecular flexibility index (Phi) is 5.06. The molecule has 0 atom stereocenters. The van der Waals surface area contributed by atoms with Gasteiger partial charge in [-0.15, -0.1) is 0 Å². The van der Waals surface area contributed by atoms with Gasteiger partial charge in [-0.2, -0.15) is 0 Å². The Morgan fingerprint density at radius 2 is 1.89 bits per heavy atom. The number of nitrogens with one attached hydrogen (secondary N) is 2. The fraction of sp³-hybridized carbons (Fsp3) is 0.364. The molecule has 0 aliphatic carbocycles. The third-order valence-corrected chi connectivity index (χ3v) is 3.66. The van der Waals surface area contributed by atoms with Crippen LogP contribution in [0.2, 0.25) is 0 Å². The van der Waals surface area contributed by atoms with Gasteiger partial charge in [0.2, 0.25) is 10.0 Å². The lowest BCUT2D eigenvalue weighted by atomic mass is 10.2. The molecule has 0 unspecified atom stereocenters. The number of hydrogen-bond acceptors (Lipinski definition) is 3. The number of anilines is 1. The van der Waals surface area contributed by atoms with E-state index in [1.54, 1.807) is 12.1 Å². The average molecular weight is 287 g/mol. The van der Waals surface area contributed by atoms with Gasteiger partial charge >= 0.3 is 0 Å². The zero-order chi connectivity index (χ0) is 13.8. The highest BCUT2D eigenvalue weighted by atomic mass is 32.2. The highest BCUT2D eigenvalue weighted by molar-refractivity contribution is 7.89. The molecule has 1 aromatic rings. The van der Waals surface area contributed by atoms with Crippen molar-refractivity contribution in [2.24, 2.45) is 11.7 Å². The van der Waals surface area contributed by atoms with Crippen LogP contribution in [0.1, 0.15) is 13.8 Å². The van der Waals surface area contributed by atoms with Crippen molar-refractivity contribution in [1.29, 1.82) is 0 Å². The van der Waals surface area contributed by atoms with E-state index in [9.17, 15) is 8.42 Å². The molecule has 0 amide bonds. The van der Waals surface area contributed by atoms with Crippen molar-refractivity contribution in [3.05, 3.63) is 24.3 Å². The molecule has 7 heteroatoms.